The number of ether oxygens (including phenoxy) is 1. The number of aliphatic carboxylic acids is 1. The normalized spacial score (nSPS) is 27.3. The maximum absolute atomic E-state index is 11.5. The molecule has 4 N–H and O–H groups in total. The number of carbonyl (C=O) groups excluding carboxylic acids is 1. The van der Waals surface area contributed by atoms with Crippen LogP contribution in [0, 0.1) is 11.8 Å². The van der Waals surface area contributed by atoms with Crippen LogP contribution in [0.2, 0.25) is 0 Å². The molecule has 1 amide bonds. The number of carboxylic acid groups (broad SMARTS) is 1. The third kappa shape index (κ3) is 3.17. The van der Waals surface area contributed by atoms with Crippen LogP contribution in [0.15, 0.2) is 0 Å². The molecule has 1 aliphatic heterocycles. The van der Waals surface area contributed by atoms with Gasteiger partial charge in [0.05, 0.1) is 25.0 Å². The molecule has 0 spiro atoms. The van der Waals surface area contributed by atoms with E-state index in [0.29, 0.717) is 13.2 Å². The summed E-state index contributed by atoms with van der Waals surface area (Å²) in [6, 6.07) is -0.287. The fraction of sp³-hybridized carbons (Fsp3) is 0.778. The highest BCUT2D eigenvalue weighted by atomic mass is 16.5. The Morgan fingerprint density at radius 2 is 2.27 bits per heavy atom. The second-order valence-corrected chi connectivity index (χ2v) is 3.79. The number of hydrogen-bond acceptors (Lipinski definition) is 4. The second-order valence-electron chi connectivity index (χ2n) is 3.79. The van der Waals surface area contributed by atoms with Crippen molar-refractivity contribution in [1.82, 2.24) is 5.32 Å². The van der Waals surface area contributed by atoms with Crippen LogP contribution in [0.4, 0.5) is 0 Å². The van der Waals surface area contributed by atoms with Gasteiger partial charge in [-0.05, 0) is 0 Å². The van der Waals surface area contributed by atoms with Gasteiger partial charge in [-0.15, -0.1) is 0 Å². The molecule has 3 unspecified atom stereocenters. The van der Waals surface area contributed by atoms with Crippen molar-refractivity contribution < 1.29 is 19.4 Å². The van der Waals surface area contributed by atoms with Crippen LogP contribution in [0.3, 0.4) is 0 Å². The number of carbonyl (C=O) groups is 2. The van der Waals surface area contributed by atoms with Crippen LogP contribution in [0.1, 0.15) is 6.92 Å². The molecule has 0 aromatic heterocycles. The molecule has 3 atom stereocenters. The summed E-state index contributed by atoms with van der Waals surface area (Å²) in [4.78, 5) is 22.0. The Kier molecular flexibility index (Phi) is 4.05. The maximum atomic E-state index is 11.5. The summed E-state index contributed by atoms with van der Waals surface area (Å²) in [7, 11) is 0. The van der Waals surface area contributed by atoms with Gasteiger partial charge in [0.1, 0.15) is 0 Å². The van der Waals surface area contributed by atoms with Gasteiger partial charge in [0, 0.05) is 12.6 Å². The first-order valence-corrected chi connectivity index (χ1v) is 4.86. The number of carboxylic acids is 1. The van der Waals surface area contributed by atoms with Crippen molar-refractivity contribution in [3.63, 3.8) is 0 Å². The molecule has 0 aromatic rings. The van der Waals surface area contributed by atoms with Crippen molar-refractivity contribution in [2.24, 2.45) is 17.6 Å². The summed E-state index contributed by atoms with van der Waals surface area (Å²) in [5.41, 5.74) is 5.64. The van der Waals surface area contributed by atoms with E-state index in [2.05, 4.69) is 5.32 Å². The van der Waals surface area contributed by atoms with Gasteiger partial charge >= 0.3 is 5.97 Å². The Labute approximate surface area is 87.8 Å². The van der Waals surface area contributed by atoms with Crippen LogP contribution >= 0.6 is 0 Å². The van der Waals surface area contributed by atoms with Crippen LogP contribution < -0.4 is 11.1 Å². The quantitative estimate of drug-likeness (QED) is 0.547. The third-order valence-electron chi connectivity index (χ3n) is 2.47. The lowest BCUT2D eigenvalue weighted by Gasteiger charge is -2.14. The average molecular weight is 216 g/mol. The Bertz CT molecular complexity index is 256. The lowest BCUT2D eigenvalue weighted by Crippen LogP contribution is -2.42. The topological polar surface area (TPSA) is 102 Å². The summed E-state index contributed by atoms with van der Waals surface area (Å²) in [5.74, 6) is -2.10. The fourth-order valence-electron chi connectivity index (χ4n) is 1.31. The summed E-state index contributed by atoms with van der Waals surface area (Å²) in [6.45, 7) is 2.35. The maximum Gasteiger partial charge on any atom is 0.308 e. The van der Waals surface area contributed by atoms with Gasteiger partial charge in [-0.1, -0.05) is 6.92 Å². The van der Waals surface area contributed by atoms with E-state index in [1.165, 1.54) is 6.92 Å². The van der Waals surface area contributed by atoms with E-state index in [1.807, 2.05) is 0 Å². The summed E-state index contributed by atoms with van der Waals surface area (Å²) in [5, 5.41) is 11.2. The fourth-order valence-corrected chi connectivity index (χ4v) is 1.31. The zero-order chi connectivity index (χ0) is 11.4. The Morgan fingerprint density at radius 1 is 1.60 bits per heavy atom. The van der Waals surface area contributed by atoms with E-state index in [-0.39, 0.29) is 24.4 Å². The van der Waals surface area contributed by atoms with Crippen molar-refractivity contribution in [3.8, 4) is 0 Å². The van der Waals surface area contributed by atoms with Crippen molar-refractivity contribution >= 4 is 11.9 Å². The van der Waals surface area contributed by atoms with E-state index in [0.717, 1.165) is 0 Å². The number of hydrogen-bond donors (Lipinski definition) is 3. The highest BCUT2D eigenvalue weighted by molar-refractivity contribution is 5.80. The molecule has 6 heteroatoms. The molecular formula is C9H16N2O4. The lowest BCUT2D eigenvalue weighted by atomic mass is 10.0. The molecule has 0 radical (unpaired) electrons. The Balaban J connectivity index is 2.32. The van der Waals surface area contributed by atoms with Crippen LogP contribution in [0.25, 0.3) is 0 Å². The molecule has 0 aromatic carbocycles. The summed E-state index contributed by atoms with van der Waals surface area (Å²) in [6.07, 6.45) is 0. The molecule has 0 saturated carbocycles. The minimum Gasteiger partial charge on any atom is -0.481 e. The minimum absolute atomic E-state index is 0.122. The molecule has 0 bridgehead atoms. The third-order valence-corrected chi connectivity index (χ3v) is 2.47. The molecule has 1 aliphatic rings. The number of nitrogens with one attached hydrogen (secondary N) is 1. The first-order chi connectivity index (χ1) is 7.02. The largest absolute Gasteiger partial charge is 0.481 e. The van der Waals surface area contributed by atoms with E-state index in [9.17, 15) is 9.59 Å². The first kappa shape index (κ1) is 11.9. The minimum atomic E-state index is -0.928. The monoisotopic (exact) mass is 216 g/mol. The molecule has 1 heterocycles. The predicted octanol–water partition coefficient (Wildman–Crippen LogP) is -1.20. The molecule has 1 rings (SSSR count). The molecule has 1 fully saturated rings. The molecule has 15 heavy (non-hydrogen) atoms. The molecule has 86 valence electrons. The van der Waals surface area contributed by atoms with Crippen LogP contribution in [0.5, 0.6) is 0 Å². The van der Waals surface area contributed by atoms with Gasteiger partial charge in [-0.25, -0.2) is 0 Å². The molecule has 0 aliphatic carbocycles. The molecule has 1 saturated heterocycles. The van der Waals surface area contributed by atoms with Gasteiger partial charge in [0.2, 0.25) is 5.91 Å². The second kappa shape index (κ2) is 5.09. The number of nitrogens with two attached hydrogens (primary N) is 1. The van der Waals surface area contributed by atoms with Crippen molar-refractivity contribution in [2.45, 2.75) is 13.0 Å². The van der Waals surface area contributed by atoms with E-state index in [4.69, 9.17) is 15.6 Å². The van der Waals surface area contributed by atoms with Gasteiger partial charge < -0.3 is 20.9 Å². The summed E-state index contributed by atoms with van der Waals surface area (Å²) >= 11 is 0. The average Bonchev–Trinajstić information content (AvgIpc) is 2.60. The van der Waals surface area contributed by atoms with Gasteiger partial charge in [-0.2, -0.15) is 0 Å². The van der Waals surface area contributed by atoms with Crippen molar-refractivity contribution in [2.75, 3.05) is 19.8 Å². The molecule has 6 nitrogen and oxygen atoms in total. The smallest absolute Gasteiger partial charge is 0.308 e. The highest BCUT2D eigenvalue weighted by Gasteiger charge is 2.31. The van der Waals surface area contributed by atoms with E-state index in [1.54, 1.807) is 0 Å². The lowest BCUT2D eigenvalue weighted by molar-refractivity contribution is -0.141. The first-order valence-electron chi connectivity index (χ1n) is 4.86. The van der Waals surface area contributed by atoms with Crippen molar-refractivity contribution in [1.29, 1.82) is 0 Å². The highest BCUT2D eigenvalue weighted by Crippen LogP contribution is 2.11. The Morgan fingerprint density at radius 3 is 2.73 bits per heavy atom. The van der Waals surface area contributed by atoms with Gasteiger partial charge in [-0.3, -0.25) is 9.59 Å². The van der Waals surface area contributed by atoms with Crippen LogP contribution in [-0.2, 0) is 14.3 Å². The van der Waals surface area contributed by atoms with E-state index < -0.39 is 11.9 Å². The van der Waals surface area contributed by atoms with Crippen LogP contribution in [-0.4, -0.2) is 42.8 Å². The van der Waals surface area contributed by atoms with Crippen molar-refractivity contribution in [3.05, 3.63) is 0 Å². The van der Waals surface area contributed by atoms with Gasteiger partial charge in [0.25, 0.3) is 0 Å². The Hall–Kier alpha value is -1.14. The van der Waals surface area contributed by atoms with E-state index >= 15 is 0 Å². The van der Waals surface area contributed by atoms with Gasteiger partial charge in [0.15, 0.2) is 0 Å². The zero-order valence-electron chi connectivity index (χ0n) is 8.60. The summed E-state index contributed by atoms with van der Waals surface area (Å²) < 4.78 is 5.04. The predicted molar refractivity (Wildman–Crippen MR) is 52.1 cm³/mol. The zero-order valence-corrected chi connectivity index (χ0v) is 8.60. The number of amides is 1. The SMILES string of the molecule is CC(CNC(=O)C1COCC1N)C(=O)O. The standard InChI is InChI=1S/C9H16N2O4/c1-5(9(13)14)2-11-8(12)6-3-15-4-7(6)10/h5-7H,2-4,10H2,1H3,(H,11,12)(H,13,14). The number of rotatable bonds is 4. The molecular weight excluding hydrogens is 200 g/mol.